The number of benzene rings is 1. The molecule has 1 N–H and O–H groups in total. The van der Waals surface area contributed by atoms with Gasteiger partial charge in [-0.15, -0.1) is 0 Å². The second-order valence-electron chi connectivity index (χ2n) is 3.92. The van der Waals surface area contributed by atoms with Crippen LogP contribution in [0.2, 0.25) is 0 Å². The molecule has 0 radical (unpaired) electrons. The van der Waals surface area contributed by atoms with Crippen molar-refractivity contribution < 1.29 is 9.47 Å². The number of hydrogen-bond acceptors (Lipinski definition) is 5. The zero-order chi connectivity index (χ0) is 13.7. The van der Waals surface area contributed by atoms with Crippen molar-refractivity contribution in [1.29, 1.82) is 0 Å². The molecule has 0 aliphatic rings. The molecular formula is C14H17N3O2. The van der Waals surface area contributed by atoms with Gasteiger partial charge in [-0.25, -0.2) is 4.98 Å². The van der Waals surface area contributed by atoms with Gasteiger partial charge in [0.25, 0.3) is 0 Å². The van der Waals surface area contributed by atoms with Gasteiger partial charge in [0.15, 0.2) is 0 Å². The fourth-order valence-electron chi connectivity index (χ4n) is 1.73. The van der Waals surface area contributed by atoms with Crippen molar-refractivity contribution >= 4 is 5.82 Å². The quantitative estimate of drug-likeness (QED) is 0.894. The van der Waals surface area contributed by atoms with E-state index in [1.54, 1.807) is 26.6 Å². The van der Waals surface area contributed by atoms with E-state index in [2.05, 4.69) is 15.3 Å². The standard InChI is InChI=1S/C14H17N3O2/c1-4-16-14-9-15-8-13(17-14)10-5-11(18-2)7-12(6-10)19-3/h5-9H,4H2,1-3H3,(H,16,17). The molecule has 0 saturated carbocycles. The van der Waals surface area contributed by atoms with E-state index < -0.39 is 0 Å². The van der Waals surface area contributed by atoms with Gasteiger partial charge >= 0.3 is 0 Å². The van der Waals surface area contributed by atoms with Crippen molar-refractivity contribution in [3.8, 4) is 22.8 Å². The van der Waals surface area contributed by atoms with E-state index >= 15 is 0 Å². The minimum atomic E-state index is 0.727. The van der Waals surface area contributed by atoms with Gasteiger partial charge in [-0.2, -0.15) is 0 Å². The van der Waals surface area contributed by atoms with E-state index in [0.29, 0.717) is 0 Å². The van der Waals surface area contributed by atoms with Gasteiger partial charge in [0, 0.05) is 18.2 Å². The maximum atomic E-state index is 5.25. The van der Waals surface area contributed by atoms with Gasteiger partial charge in [-0.3, -0.25) is 4.98 Å². The smallest absolute Gasteiger partial charge is 0.145 e. The molecule has 0 fully saturated rings. The monoisotopic (exact) mass is 259 g/mol. The third kappa shape index (κ3) is 3.13. The number of anilines is 1. The molecule has 1 heterocycles. The Labute approximate surface area is 112 Å². The maximum absolute atomic E-state index is 5.25. The van der Waals surface area contributed by atoms with Crippen LogP contribution >= 0.6 is 0 Å². The Bertz CT molecular complexity index is 536. The Balaban J connectivity index is 2.42. The lowest BCUT2D eigenvalue weighted by Gasteiger charge is -2.09. The number of rotatable bonds is 5. The van der Waals surface area contributed by atoms with Crippen molar-refractivity contribution in [3.63, 3.8) is 0 Å². The van der Waals surface area contributed by atoms with Gasteiger partial charge in [0.1, 0.15) is 17.3 Å². The average Bonchev–Trinajstić information content (AvgIpc) is 2.47. The third-order valence-electron chi connectivity index (χ3n) is 2.64. The lowest BCUT2D eigenvalue weighted by Crippen LogP contribution is -2.00. The number of methoxy groups -OCH3 is 2. The molecule has 0 bridgehead atoms. The Morgan fingerprint density at radius 1 is 1.05 bits per heavy atom. The normalized spacial score (nSPS) is 10.1. The number of nitrogens with zero attached hydrogens (tertiary/aromatic N) is 2. The molecule has 1 aromatic heterocycles. The van der Waals surface area contributed by atoms with Crippen LogP contribution in [0.25, 0.3) is 11.3 Å². The van der Waals surface area contributed by atoms with Crippen LogP contribution in [-0.4, -0.2) is 30.7 Å². The van der Waals surface area contributed by atoms with Crippen molar-refractivity contribution in [1.82, 2.24) is 9.97 Å². The predicted molar refractivity (Wildman–Crippen MR) is 74.7 cm³/mol. The summed E-state index contributed by atoms with van der Waals surface area (Å²) in [4.78, 5) is 8.68. The van der Waals surface area contributed by atoms with E-state index in [-0.39, 0.29) is 0 Å². The Hall–Kier alpha value is -2.30. The molecular weight excluding hydrogens is 242 g/mol. The number of nitrogens with one attached hydrogen (secondary N) is 1. The van der Waals surface area contributed by atoms with E-state index in [9.17, 15) is 0 Å². The van der Waals surface area contributed by atoms with Crippen molar-refractivity contribution in [2.45, 2.75) is 6.92 Å². The van der Waals surface area contributed by atoms with Crippen LogP contribution in [0.4, 0.5) is 5.82 Å². The second-order valence-corrected chi connectivity index (χ2v) is 3.92. The highest BCUT2D eigenvalue weighted by Crippen LogP contribution is 2.28. The molecule has 1 aromatic carbocycles. The second kappa shape index (κ2) is 6.04. The third-order valence-corrected chi connectivity index (χ3v) is 2.64. The summed E-state index contributed by atoms with van der Waals surface area (Å²) in [5, 5.41) is 3.14. The largest absolute Gasteiger partial charge is 0.497 e. The maximum Gasteiger partial charge on any atom is 0.145 e. The van der Waals surface area contributed by atoms with Crippen LogP contribution in [0.1, 0.15) is 6.92 Å². The van der Waals surface area contributed by atoms with Gasteiger partial charge < -0.3 is 14.8 Å². The summed E-state index contributed by atoms with van der Waals surface area (Å²) in [7, 11) is 3.25. The summed E-state index contributed by atoms with van der Waals surface area (Å²) >= 11 is 0. The Morgan fingerprint density at radius 3 is 2.32 bits per heavy atom. The summed E-state index contributed by atoms with van der Waals surface area (Å²) in [6.45, 7) is 2.82. The highest BCUT2D eigenvalue weighted by molar-refractivity contribution is 5.64. The lowest BCUT2D eigenvalue weighted by atomic mass is 10.1. The number of ether oxygens (including phenoxy) is 2. The van der Waals surface area contributed by atoms with E-state index in [4.69, 9.17) is 9.47 Å². The number of hydrogen-bond donors (Lipinski definition) is 1. The van der Waals surface area contributed by atoms with Crippen LogP contribution in [0.5, 0.6) is 11.5 Å². The Kier molecular flexibility index (Phi) is 4.18. The van der Waals surface area contributed by atoms with Crippen LogP contribution < -0.4 is 14.8 Å². The fraction of sp³-hybridized carbons (Fsp3) is 0.286. The molecule has 0 spiro atoms. The minimum absolute atomic E-state index is 0.727. The van der Waals surface area contributed by atoms with Gasteiger partial charge in [-0.1, -0.05) is 0 Å². The summed E-state index contributed by atoms with van der Waals surface area (Å²) in [6.07, 6.45) is 3.42. The SMILES string of the molecule is CCNc1cncc(-c2cc(OC)cc(OC)c2)n1. The highest BCUT2D eigenvalue weighted by Gasteiger charge is 2.06. The van der Waals surface area contributed by atoms with E-state index in [1.807, 2.05) is 25.1 Å². The van der Waals surface area contributed by atoms with Crippen molar-refractivity contribution in [2.24, 2.45) is 0 Å². The van der Waals surface area contributed by atoms with Crippen LogP contribution in [0.15, 0.2) is 30.6 Å². The molecule has 5 nitrogen and oxygen atoms in total. The van der Waals surface area contributed by atoms with Gasteiger partial charge in [0.05, 0.1) is 32.3 Å². The average molecular weight is 259 g/mol. The summed E-state index contributed by atoms with van der Waals surface area (Å²) in [5.74, 6) is 2.21. The van der Waals surface area contributed by atoms with Crippen LogP contribution in [0, 0.1) is 0 Å². The highest BCUT2D eigenvalue weighted by atomic mass is 16.5. The van der Waals surface area contributed by atoms with E-state index in [1.165, 1.54) is 0 Å². The first-order chi connectivity index (χ1) is 9.26. The molecule has 2 rings (SSSR count). The molecule has 0 atom stereocenters. The molecule has 0 amide bonds. The fourth-order valence-corrected chi connectivity index (χ4v) is 1.73. The number of aromatic nitrogens is 2. The molecule has 2 aromatic rings. The lowest BCUT2D eigenvalue weighted by molar-refractivity contribution is 0.394. The predicted octanol–water partition coefficient (Wildman–Crippen LogP) is 2.59. The molecule has 0 aliphatic heterocycles. The first-order valence-electron chi connectivity index (χ1n) is 6.06. The van der Waals surface area contributed by atoms with Crippen molar-refractivity contribution in [3.05, 3.63) is 30.6 Å². The summed E-state index contributed by atoms with van der Waals surface area (Å²) in [6, 6.07) is 5.63. The zero-order valence-corrected chi connectivity index (χ0v) is 11.3. The first-order valence-corrected chi connectivity index (χ1v) is 6.06. The molecule has 0 aliphatic carbocycles. The molecule has 0 saturated heterocycles. The molecule has 19 heavy (non-hydrogen) atoms. The van der Waals surface area contributed by atoms with Gasteiger partial charge in [-0.05, 0) is 19.1 Å². The topological polar surface area (TPSA) is 56.3 Å². The van der Waals surface area contributed by atoms with Crippen LogP contribution in [0.3, 0.4) is 0 Å². The van der Waals surface area contributed by atoms with Gasteiger partial charge in [0.2, 0.25) is 0 Å². The minimum Gasteiger partial charge on any atom is -0.497 e. The zero-order valence-electron chi connectivity index (χ0n) is 11.3. The molecule has 0 unspecified atom stereocenters. The first kappa shape index (κ1) is 13.1. The molecule has 100 valence electrons. The van der Waals surface area contributed by atoms with Crippen molar-refractivity contribution in [2.75, 3.05) is 26.1 Å². The van der Waals surface area contributed by atoms with E-state index in [0.717, 1.165) is 35.1 Å². The molecule has 5 heteroatoms. The summed E-state index contributed by atoms with van der Waals surface area (Å²) in [5.41, 5.74) is 1.68. The van der Waals surface area contributed by atoms with Crippen LogP contribution in [-0.2, 0) is 0 Å². The Morgan fingerprint density at radius 2 is 1.74 bits per heavy atom. The summed E-state index contributed by atoms with van der Waals surface area (Å²) < 4.78 is 10.5.